The quantitative estimate of drug-likeness (QED) is 0.913. The molecule has 0 bridgehead atoms. The summed E-state index contributed by atoms with van der Waals surface area (Å²) in [6.07, 6.45) is 1.63. The number of nitrogens with one attached hydrogen (secondary N) is 1. The van der Waals surface area contributed by atoms with Gasteiger partial charge in [-0.15, -0.1) is 11.3 Å². The number of aromatic nitrogens is 1. The number of pyridine rings is 1. The maximum atomic E-state index is 6.19. The van der Waals surface area contributed by atoms with E-state index in [1.54, 1.807) is 23.6 Å². The molecule has 0 saturated heterocycles. The highest BCUT2D eigenvalue weighted by atomic mass is 35.5. The van der Waals surface area contributed by atoms with Gasteiger partial charge >= 0.3 is 0 Å². The Hall–Kier alpha value is -0.610. The third-order valence-electron chi connectivity index (χ3n) is 2.35. The van der Waals surface area contributed by atoms with Gasteiger partial charge in [-0.25, -0.2) is 0 Å². The van der Waals surface area contributed by atoms with Gasteiger partial charge in [0, 0.05) is 11.1 Å². The van der Waals surface area contributed by atoms with E-state index in [4.69, 9.17) is 23.2 Å². The summed E-state index contributed by atoms with van der Waals surface area (Å²) in [5.41, 5.74) is 0.820. The summed E-state index contributed by atoms with van der Waals surface area (Å²) >= 11 is 13.7. The second kappa shape index (κ2) is 5.83. The molecule has 17 heavy (non-hydrogen) atoms. The molecule has 2 aromatic heterocycles. The average molecular weight is 287 g/mol. The molecule has 1 unspecified atom stereocenters. The van der Waals surface area contributed by atoms with E-state index in [1.165, 1.54) is 4.88 Å². The van der Waals surface area contributed by atoms with Crippen molar-refractivity contribution in [2.75, 3.05) is 6.54 Å². The van der Waals surface area contributed by atoms with Crippen molar-refractivity contribution in [3.05, 3.63) is 50.4 Å². The van der Waals surface area contributed by atoms with Crippen molar-refractivity contribution >= 4 is 34.5 Å². The third kappa shape index (κ3) is 2.99. The molecule has 2 rings (SSSR count). The first kappa shape index (κ1) is 12.8. The highest BCUT2D eigenvalue weighted by molar-refractivity contribution is 7.10. The predicted molar refractivity (Wildman–Crippen MR) is 74.1 cm³/mol. The van der Waals surface area contributed by atoms with E-state index in [1.807, 2.05) is 11.4 Å². The van der Waals surface area contributed by atoms with Crippen LogP contribution in [0.15, 0.2) is 29.8 Å². The van der Waals surface area contributed by atoms with Crippen molar-refractivity contribution < 1.29 is 0 Å². The summed E-state index contributed by atoms with van der Waals surface area (Å²) in [6, 6.07) is 5.85. The van der Waals surface area contributed by atoms with Crippen LogP contribution in [0.2, 0.25) is 10.0 Å². The molecule has 2 heterocycles. The van der Waals surface area contributed by atoms with Crippen LogP contribution < -0.4 is 5.32 Å². The molecule has 0 radical (unpaired) electrons. The maximum absolute atomic E-state index is 6.19. The van der Waals surface area contributed by atoms with Gasteiger partial charge in [0.15, 0.2) is 0 Å². The Kier molecular flexibility index (Phi) is 4.40. The Bertz CT molecular complexity index is 485. The zero-order valence-corrected chi connectivity index (χ0v) is 11.6. The Balaban J connectivity index is 2.39. The lowest BCUT2D eigenvalue weighted by Gasteiger charge is -2.17. The number of hydrogen-bond acceptors (Lipinski definition) is 3. The van der Waals surface area contributed by atoms with Gasteiger partial charge in [0.1, 0.15) is 0 Å². The minimum atomic E-state index is 0.0322. The van der Waals surface area contributed by atoms with Crippen molar-refractivity contribution in [2.45, 2.75) is 13.0 Å². The van der Waals surface area contributed by atoms with Crippen LogP contribution in [0.3, 0.4) is 0 Å². The molecule has 0 aromatic carbocycles. The molecule has 0 aliphatic carbocycles. The number of nitrogens with zero attached hydrogens (tertiary/aromatic N) is 1. The van der Waals surface area contributed by atoms with E-state index in [9.17, 15) is 0 Å². The van der Waals surface area contributed by atoms with Gasteiger partial charge in [-0.2, -0.15) is 0 Å². The number of thiophene rings is 1. The van der Waals surface area contributed by atoms with Crippen LogP contribution in [-0.2, 0) is 0 Å². The second-order valence-corrected chi connectivity index (χ2v) is 5.35. The minimum Gasteiger partial charge on any atom is -0.305 e. The first-order chi connectivity index (χ1) is 8.22. The monoisotopic (exact) mass is 286 g/mol. The lowest BCUT2D eigenvalue weighted by molar-refractivity contribution is 0.624. The molecule has 1 atom stereocenters. The number of rotatable bonds is 4. The average Bonchev–Trinajstić information content (AvgIpc) is 2.80. The fraction of sp³-hybridized carbons (Fsp3) is 0.250. The van der Waals surface area contributed by atoms with Gasteiger partial charge in [0.05, 0.1) is 21.8 Å². The molecule has 2 aromatic rings. The number of hydrogen-bond donors (Lipinski definition) is 1. The molecular formula is C12H12Cl2N2S. The fourth-order valence-corrected chi connectivity index (χ4v) is 2.92. The van der Waals surface area contributed by atoms with E-state index >= 15 is 0 Å². The molecule has 0 amide bonds. The van der Waals surface area contributed by atoms with Crippen LogP contribution in [0.25, 0.3) is 0 Å². The smallest absolute Gasteiger partial charge is 0.0860 e. The lowest BCUT2D eigenvalue weighted by atomic mass is 10.1. The van der Waals surface area contributed by atoms with Crippen molar-refractivity contribution in [3.63, 3.8) is 0 Å². The SMILES string of the molecule is CCNC(c1cccs1)c1ncc(Cl)cc1Cl. The van der Waals surface area contributed by atoms with Crippen molar-refractivity contribution in [3.8, 4) is 0 Å². The molecule has 0 spiro atoms. The van der Waals surface area contributed by atoms with E-state index in [-0.39, 0.29) is 6.04 Å². The van der Waals surface area contributed by atoms with Gasteiger partial charge in [-0.05, 0) is 24.1 Å². The first-order valence-electron chi connectivity index (χ1n) is 5.30. The summed E-state index contributed by atoms with van der Waals surface area (Å²) in [6.45, 7) is 2.91. The van der Waals surface area contributed by atoms with Gasteiger partial charge in [0.25, 0.3) is 0 Å². The molecular weight excluding hydrogens is 275 g/mol. The molecule has 90 valence electrons. The lowest BCUT2D eigenvalue weighted by Crippen LogP contribution is -2.22. The molecule has 5 heteroatoms. The molecule has 1 N–H and O–H groups in total. The first-order valence-corrected chi connectivity index (χ1v) is 6.93. The van der Waals surface area contributed by atoms with Crippen LogP contribution in [0, 0.1) is 0 Å². The van der Waals surface area contributed by atoms with Gasteiger partial charge in [-0.3, -0.25) is 4.98 Å². The van der Waals surface area contributed by atoms with Crippen LogP contribution in [0.1, 0.15) is 23.5 Å². The van der Waals surface area contributed by atoms with E-state index < -0.39 is 0 Å². The summed E-state index contributed by atoms with van der Waals surface area (Å²) < 4.78 is 0. The zero-order valence-electron chi connectivity index (χ0n) is 9.28. The topological polar surface area (TPSA) is 24.9 Å². The van der Waals surface area contributed by atoms with E-state index in [0.717, 1.165) is 12.2 Å². The van der Waals surface area contributed by atoms with Crippen molar-refractivity contribution in [1.82, 2.24) is 10.3 Å². The van der Waals surface area contributed by atoms with Crippen molar-refractivity contribution in [1.29, 1.82) is 0 Å². The van der Waals surface area contributed by atoms with Crippen LogP contribution >= 0.6 is 34.5 Å². The minimum absolute atomic E-state index is 0.0322. The summed E-state index contributed by atoms with van der Waals surface area (Å²) in [7, 11) is 0. The molecule has 2 nitrogen and oxygen atoms in total. The van der Waals surface area contributed by atoms with E-state index in [0.29, 0.717) is 10.0 Å². The Morgan fingerprint density at radius 2 is 2.29 bits per heavy atom. The third-order valence-corrected chi connectivity index (χ3v) is 3.79. The van der Waals surface area contributed by atoms with Gasteiger partial charge < -0.3 is 5.32 Å². The fourth-order valence-electron chi connectivity index (χ4n) is 1.63. The van der Waals surface area contributed by atoms with E-state index in [2.05, 4.69) is 23.3 Å². The van der Waals surface area contributed by atoms with Crippen molar-refractivity contribution in [2.24, 2.45) is 0 Å². The zero-order chi connectivity index (χ0) is 12.3. The molecule has 0 aliphatic rings. The highest BCUT2D eigenvalue weighted by Crippen LogP contribution is 2.30. The normalized spacial score (nSPS) is 12.6. The Morgan fingerprint density at radius 3 is 2.88 bits per heavy atom. The number of halogens is 2. The molecule has 0 fully saturated rings. The molecule has 0 saturated carbocycles. The van der Waals surface area contributed by atoms with Crippen LogP contribution in [0.5, 0.6) is 0 Å². The van der Waals surface area contributed by atoms with Gasteiger partial charge in [-0.1, -0.05) is 36.2 Å². The Morgan fingerprint density at radius 1 is 1.47 bits per heavy atom. The second-order valence-electron chi connectivity index (χ2n) is 3.53. The summed E-state index contributed by atoms with van der Waals surface area (Å²) in [5.74, 6) is 0. The van der Waals surface area contributed by atoms with Gasteiger partial charge in [0.2, 0.25) is 0 Å². The standard InChI is InChI=1S/C12H12Cl2N2S/c1-2-15-12(10-4-3-5-17-10)11-9(14)6-8(13)7-16-11/h3-7,12,15H,2H2,1H3. The maximum Gasteiger partial charge on any atom is 0.0860 e. The predicted octanol–water partition coefficient (Wildman–Crippen LogP) is 4.15. The largest absolute Gasteiger partial charge is 0.305 e. The highest BCUT2D eigenvalue weighted by Gasteiger charge is 2.18. The summed E-state index contributed by atoms with van der Waals surface area (Å²) in [4.78, 5) is 5.53. The van der Waals surface area contributed by atoms with Crippen LogP contribution in [0.4, 0.5) is 0 Å². The van der Waals surface area contributed by atoms with Crippen LogP contribution in [-0.4, -0.2) is 11.5 Å². The summed E-state index contributed by atoms with van der Waals surface area (Å²) in [5, 5.41) is 6.58. The molecule has 0 aliphatic heterocycles. The Labute approximate surface area is 115 Å².